The number of hydrogen-bond acceptors (Lipinski definition) is 9. The summed E-state index contributed by atoms with van der Waals surface area (Å²) in [5.41, 5.74) is 5.23. The van der Waals surface area contributed by atoms with Gasteiger partial charge in [-0.25, -0.2) is 15.0 Å². The van der Waals surface area contributed by atoms with E-state index in [1.807, 2.05) is 25.1 Å². The molecular formula is C33H35ClN4O8. The molecule has 46 heavy (non-hydrogen) atoms. The minimum absolute atomic E-state index is 0.180. The number of nitrogens with zero attached hydrogens (tertiary/aromatic N) is 1. The SMILES string of the molecule is CCOC(=O)C1=C(C)NC(=O)N[C@@H]1c1ccc(OCC(=O)N/N=C/c2ccc(OCc3cccc(Cl)c3)c(OCC)c2)c(OC)c1. The Kier molecular flexibility index (Phi) is 11.8. The highest BCUT2D eigenvalue weighted by molar-refractivity contribution is 6.30. The second-order valence-corrected chi connectivity index (χ2v) is 10.3. The molecule has 0 unspecified atom stereocenters. The van der Waals surface area contributed by atoms with Crippen LogP contribution in [0.3, 0.4) is 0 Å². The Morgan fingerprint density at radius 3 is 2.48 bits per heavy atom. The zero-order chi connectivity index (χ0) is 33.1. The molecule has 13 heteroatoms. The van der Waals surface area contributed by atoms with Crippen molar-refractivity contribution in [1.82, 2.24) is 16.1 Å². The van der Waals surface area contributed by atoms with E-state index >= 15 is 0 Å². The molecular weight excluding hydrogens is 616 g/mol. The molecule has 0 aromatic heterocycles. The number of rotatable bonds is 14. The van der Waals surface area contributed by atoms with Gasteiger partial charge in [-0.3, -0.25) is 4.79 Å². The van der Waals surface area contributed by atoms with Crippen molar-refractivity contribution in [3.63, 3.8) is 0 Å². The van der Waals surface area contributed by atoms with Gasteiger partial charge in [-0.2, -0.15) is 5.10 Å². The standard InChI is InChI=1S/C33H35ClN4O8/c1-5-43-28-15-21(10-12-26(28)45-18-22-8-7-9-24(34)14-22)17-35-38-29(39)19-46-25-13-11-23(16-27(25)42-4)31-30(32(40)44-6-2)20(3)36-33(41)37-31/h7-17,31H,5-6,18-19H2,1-4H3,(H,38,39)(H2,36,37,41)/b35-17+/t31-/m1/s1. The van der Waals surface area contributed by atoms with Crippen LogP contribution < -0.4 is 35.0 Å². The first kappa shape index (κ1) is 33.7. The quantitative estimate of drug-likeness (QED) is 0.125. The van der Waals surface area contributed by atoms with Gasteiger partial charge in [-0.15, -0.1) is 0 Å². The molecule has 0 fully saturated rings. The Balaban J connectivity index is 1.36. The number of carbonyl (C=O) groups excluding carboxylic acids is 3. The second-order valence-electron chi connectivity index (χ2n) is 9.84. The molecule has 3 amide bonds. The largest absolute Gasteiger partial charge is 0.493 e. The Hall–Kier alpha value is -5.23. The average Bonchev–Trinajstić information content (AvgIpc) is 3.03. The van der Waals surface area contributed by atoms with Crippen LogP contribution in [0.2, 0.25) is 5.02 Å². The number of esters is 1. The van der Waals surface area contributed by atoms with Crippen LogP contribution in [-0.4, -0.2) is 51.1 Å². The number of ether oxygens (including phenoxy) is 5. The highest BCUT2D eigenvalue weighted by atomic mass is 35.5. The number of urea groups is 1. The molecule has 0 saturated carbocycles. The van der Waals surface area contributed by atoms with Gasteiger partial charge in [0.15, 0.2) is 29.6 Å². The Morgan fingerprint density at radius 2 is 1.74 bits per heavy atom. The molecule has 0 radical (unpaired) electrons. The summed E-state index contributed by atoms with van der Waals surface area (Å²) in [4.78, 5) is 37.3. The molecule has 12 nitrogen and oxygen atoms in total. The molecule has 242 valence electrons. The first-order valence-corrected chi connectivity index (χ1v) is 14.8. The van der Waals surface area contributed by atoms with Gasteiger partial charge >= 0.3 is 12.0 Å². The number of nitrogens with one attached hydrogen (secondary N) is 3. The van der Waals surface area contributed by atoms with Crippen molar-refractivity contribution >= 4 is 35.7 Å². The van der Waals surface area contributed by atoms with Crippen LogP contribution in [0.1, 0.15) is 43.5 Å². The van der Waals surface area contributed by atoms with Crippen LogP contribution >= 0.6 is 11.6 Å². The second kappa shape index (κ2) is 16.2. The normalized spacial score (nSPS) is 14.3. The van der Waals surface area contributed by atoms with E-state index in [0.717, 1.165) is 5.56 Å². The molecule has 1 aliphatic rings. The lowest BCUT2D eigenvalue weighted by molar-refractivity contribution is -0.139. The molecule has 0 bridgehead atoms. The number of benzene rings is 3. The molecule has 1 aliphatic heterocycles. The predicted molar refractivity (Wildman–Crippen MR) is 171 cm³/mol. The van der Waals surface area contributed by atoms with Gasteiger partial charge in [0.1, 0.15) is 6.61 Å². The fourth-order valence-corrected chi connectivity index (χ4v) is 4.75. The van der Waals surface area contributed by atoms with Crippen molar-refractivity contribution in [1.29, 1.82) is 0 Å². The van der Waals surface area contributed by atoms with E-state index in [4.69, 9.17) is 35.3 Å². The highest BCUT2D eigenvalue weighted by Gasteiger charge is 2.32. The molecule has 0 spiro atoms. The van der Waals surface area contributed by atoms with Crippen LogP contribution in [0.25, 0.3) is 0 Å². The minimum Gasteiger partial charge on any atom is -0.493 e. The van der Waals surface area contributed by atoms with E-state index in [2.05, 4.69) is 21.2 Å². The highest BCUT2D eigenvalue weighted by Crippen LogP contribution is 2.35. The molecule has 4 rings (SSSR count). The number of carbonyl (C=O) groups is 3. The number of hydrazone groups is 1. The lowest BCUT2D eigenvalue weighted by Gasteiger charge is -2.28. The predicted octanol–water partition coefficient (Wildman–Crippen LogP) is 5.05. The van der Waals surface area contributed by atoms with E-state index in [1.54, 1.807) is 56.3 Å². The third kappa shape index (κ3) is 8.91. The minimum atomic E-state index is -0.778. The summed E-state index contributed by atoms with van der Waals surface area (Å²) in [7, 11) is 1.44. The van der Waals surface area contributed by atoms with E-state index in [0.29, 0.717) is 52.3 Å². The van der Waals surface area contributed by atoms with Gasteiger partial charge < -0.3 is 34.3 Å². The molecule has 1 heterocycles. The monoisotopic (exact) mass is 650 g/mol. The van der Waals surface area contributed by atoms with Crippen LogP contribution in [0.5, 0.6) is 23.0 Å². The lowest BCUT2D eigenvalue weighted by atomic mass is 9.95. The summed E-state index contributed by atoms with van der Waals surface area (Å²) in [6, 6.07) is 16.3. The average molecular weight is 651 g/mol. The van der Waals surface area contributed by atoms with Gasteiger partial charge in [0.05, 0.1) is 38.2 Å². The zero-order valence-electron chi connectivity index (χ0n) is 25.8. The number of amides is 3. The van der Waals surface area contributed by atoms with E-state index in [-0.39, 0.29) is 24.5 Å². The van der Waals surface area contributed by atoms with Crippen molar-refractivity contribution in [2.24, 2.45) is 5.10 Å². The lowest BCUT2D eigenvalue weighted by Crippen LogP contribution is -2.45. The van der Waals surface area contributed by atoms with Crippen molar-refractivity contribution in [3.05, 3.63) is 93.6 Å². The fraction of sp³-hybridized carbons (Fsp3) is 0.273. The molecule has 0 saturated heterocycles. The summed E-state index contributed by atoms with van der Waals surface area (Å²) in [6.07, 6.45) is 1.47. The Morgan fingerprint density at radius 1 is 0.957 bits per heavy atom. The topological polar surface area (TPSA) is 146 Å². The number of hydrogen-bond donors (Lipinski definition) is 3. The maximum Gasteiger partial charge on any atom is 0.338 e. The molecule has 1 atom stereocenters. The molecule has 3 aromatic carbocycles. The van der Waals surface area contributed by atoms with Crippen molar-refractivity contribution in [2.45, 2.75) is 33.4 Å². The summed E-state index contributed by atoms with van der Waals surface area (Å²) in [6.45, 7) is 5.77. The van der Waals surface area contributed by atoms with Crippen LogP contribution in [-0.2, 0) is 20.9 Å². The van der Waals surface area contributed by atoms with E-state index in [1.165, 1.54) is 13.3 Å². The molecule has 3 aromatic rings. The summed E-state index contributed by atoms with van der Waals surface area (Å²) in [5, 5.41) is 9.97. The van der Waals surface area contributed by atoms with Crippen LogP contribution in [0.15, 0.2) is 77.0 Å². The number of methoxy groups -OCH3 is 1. The van der Waals surface area contributed by atoms with Crippen molar-refractivity contribution in [3.8, 4) is 23.0 Å². The van der Waals surface area contributed by atoms with Crippen LogP contribution in [0.4, 0.5) is 4.79 Å². The van der Waals surface area contributed by atoms with Gasteiger partial charge in [0.25, 0.3) is 5.91 Å². The summed E-state index contributed by atoms with van der Waals surface area (Å²) in [5.74, 6) is 0.594. The van der Waals surface area contributed by atoms with Gasteiger partial charge in [-0.05, 0) is 79.9 Å². The van der Waals surface area contributed by atoms with Gasteiger partial charge in [-0.1, -0.05) is 29.8 Å². The van der Waals surface area contributed by atoms with Crippen molar-refractivity contribution < 1.29 is 38.1 Å². The maximum absolute atomic E-state index is 12.6. The van der Waals surface area contributed by atoms with Gasteiger partial charge in [0.2, 0.25) is 0 Å². The van der Waals surface area contributed by atoms with Gasteiger partial charge in [0, 0.05) is 10.7 Å². The summed E-state index contributed by atoms with van der Waals surface area (Å²) < 4.78 is 28.0. The fourth-order valence-electron chi connectivity index (χ4n) is 4.54. The number of halogens is 1. The van der Waals surface area contributed by atoms with Crippen LogP contribution in [0, 0.1) is 0 Å². The maximum atomic E-state index is 12.6. The third-order valence-corrected chi connectivity index (χ3v) is 6.83. The molecule has 3 N–H and O–H groups in total. The Bertz CT molecular complexity index is 1640. The van der Waals surface area contributed by atoms with E-state index in [9.17, 15) is 14.4 Å². The Labute approximate surface area is 271 Å². The first-order valence-electron chi connectivity index (χ1n) is 14.4. The first-order chi connectivity index (χ1) is 22.2. The zero-order valence-corrected chi connectivity index (χ0v) is 26.6. The number of allylic oxidation sites excluding steroid dienone is 1. The molecule has 0 aliphatic carbocycles. The third-order valence-electron chi connectivity index (χ3n) is 6.60. The van der Waals surface area contributed by atoms with Crippen molar-refractivity contribution in [2.75, 3.05) is 26.9 Å². The summed E-state index contributed by atoms with van der Waals surface area (Å²) >= 11 is 6.06. The smallest absolute Gasteiger partial charge is 0.338 e. The van der Waals surface area contributed by atoms with E-state index < -0.39 is 23.9 Å².